The lowest BCUT2D eigenvalue weighted by atomic mass is 9.95. The highest BCUT2D eigenvalue weighted by Gasteiger charge is 2.14. The van der Waals surface area contributed by atoms with Gasteiger partial charge in [0.1, 0.15) is 9.84 Å². The van der Waals surface area contributed by atoms with Crippen LogP contribution in [0, 0.1) is 11.8 Å². The summed E-state index contributed by atoms with van der Waals surface area (Å²) in [5.41, 5.74) is 5.60. The van der Waals surface area contributed by atoms with Crippen molar-refractivity contribution in [1.82, 2.24) is 0 Å². The molecule has 0 amide bonds. The fourth-order valence-electron chi connectivity index (χ4n) is 1.49. The highest BCUT2D eigenvalue weighted by Crippen LogP contribution is 2.15. The van der Waals surface area contributed by atoms with Gasteiger partial charge in [0, 0.05) is 5.75 Å². The van der Waals surface area contributed by atoms with Crippen LogP contribution in [0.3, 0.4) is 0 Å². The van der Waals surface area contributed by atoms with E-state index in [-0.39, 0.29) is 11.5 Å². The summed E-state index contributed by atoms with van der Waals surface area (Å²) in [5, 5.41) is 0. The molecule has 4 heteroatoms. The summed E-state index contributed by atoms with van der Waals surface area (Å²) in [6.07, 6.45) is 1.74. The number of hydrogen-bond acceptors (Lipinski definition) is 3. The number of sulfone groups is 1. The molecule has 0 aliphatic rings. The second kappa shape index (κ2) is 6.40. The molecular formula is C10H23NO2S. The minimum absolute atomic E-state index is 0.242. The zero-order valence-electron chi connectivity index (χ0n) is 9.49. The van der Waals surface area contributed by atoms with Crippen LogP contribution in [0.25, 0.3) is 0 Å². The summed E-state index contributed by atoms with van der Waals surface area (Å²) in [5.74, 6) is 1.48. The molecule has 0 saturated carbocycles. The van der Waals surface area contributed by atoms with Crippen LogP contribution in [0.15, 0.2) is 0 Å². The standard InChI is InChI=1S/C10H23NO2S/c1-4-14(12,13)6-5-10(8-11)7-9(2)3/h9-10H,4-8,11H2,1-3H3. The molecule has 0 spiro atoms. The SMILES string of the molecule is CCS(=O)(=O)CCC(CN)CC(C)C. The predicted octanol–water partition coefficient (Wildman–Crippen LogP) is 1.43. The van der Waals surface area contributed by atoms with E-state index in [1.807, 2.05) is 0 Å². The van der Waals surface area contributed by atoms with Crippen LogP contribution in [0.1, 0.15) is 33.6 Å². The van der Waals surface area contributed by atoms with Gasteiger partial charge in [-0.2, -0.15) is 0 Å². The average molecular weight is 221 g/mol. The van der Waals surface area contributed by atoms with Gasteiger partial charge in [0.15, 0.2) is 0 Å². The monoisotopic (exact) mass is 221 g/mol. The maximum absolute atomic E-state index is 11.3. The van der Waals surface area contributed by atoms with E-state index in [4.69, 9.17) is 5.73 Å². The van der Waals surface area contributed by atoms with E-state index < -0.39 is 9.84 Å². The highest BCUT2D eigenvalue weighted by atomic mass is 32.2. The van der Waals surface area contributed by atoms with Crippen molar-refractivity contribution >= 4 is 9.84 Å². The summed E-state index contributed by atoms with van der Waals surface area (Å²) in [6, 6.07) is 0. The Morgan fingerprint density at radius 3 is 2.21 bits per heavy atom. The number of rotatable bonds is 7. The van der Waals surface area contributed by atoms with Crippen molar-refractivity contribution in [3.05, 3.63) is 0 Å². The van der Waals surface area contributed by atoms with Crippen LogP contribution in [0.5, 0.6) is 0 Å². The smallest absolute Gasteiger partial charge is 0.150 e. The van der Waals surface area contributed by atoms with Crippen LogP contribution in [-0.2, 0) is 9.84 Å². The Balaban J connectivity index is 3.96. The van der Waals surface area contributed by atoms with Gasteiger partial charge in [-0.25, -0.2) is 8.42 Å². The fraction of sp³-hybridized carbons (Fsp3) is 1.00. The van der Waals surface area contributed by atoms with Crippen molar-refractivity contribution in [2.75, 3.05) is 18.1 Å². The molecule has 0 aliphatic heterocycles. The summed E-state index contributed by atoms with van der Waals surface area (Å²) in [7, 11) is -2.82. The third kappa shape index (κ3) is 6.38. The molecule has 86 valence electrons. The Hall–Kier alpha value is -0.0900. The van der Waals surface area contributed by atoms with Gasteiger partial charge < -0.3 is 5.73 Å². The largest absolute Gasteiger partial charge is 0.330 e. The topological polar surface area (TPSA) is 60.2 Å². The quantitative estimate of drug-likeness (QED) is 0.707. The van der Waals surface area contributed by atoms with E-state index in [9.17, 15) is 8.42 Å². The molecule has 1 atom stereocenters. The zero-order valence-corrected chi connectivity index (χ0v) is 10.3. The molecule has 0 bridgehead atoms. The summed E-state index contributed by atoms with van der Waals surface area (Å²) < 4.78 is 22.5. The molecule has 1 unspecified atom stereocenters. The Labute approximate surface area is 88.0 Å². The van der Waals surface area contributed by atoms with Gasteiger partial charge in [0.25, 0.3) is 0 Å². The molecule has 0 heterocycles. The normalized spacial score (nSPS) is 14.6. The number of hydrogen-bond donors (Lipinski definition) is 1. The van der Waals surface area contributed by atoms with Gasteiger partial charge >= 0.3 is 0 Å². The van der Waals surface area contributed by atoms with E-state index in [2.05, 4.69) is 13.8 Å². The van der Waals surface area contributed by atoms with Gasteiger partial charge in [0.2, 0.25) is 0 Å². The molecule has 14 heavy (non-hydrogen) atoms. The van der Waals surface area contributed by atoms with Crippen molar-refractivity contribution in [3.63, 3.8) is 0 Å². The first kappa shape index (κ1) is 13.9. The van der Waals surface area contributed by atoms with Gasteiger partial charge in [0.05, 0.1) is 5.75 Å². The van der Waals surface area contributed by atoms with Gasteiger partial charge in [-0.1, -0.05) is 20.8 Å². The van der Waals surface area contributed by atoms with E-state index in [1.165, 1.54) is 0 Å². The van der Waals surface area contributed by atoms with E-state index in [0.717, 1.165) is 6.42 Å². The molecule has 0 radical (unpaired) electrons. The highest BCUT2D eigenvalue weighted by molar-refractivity contribution is 7.91. The summed E-state index contributed by atoms with van der Waals surface area (Å²) >= 11 is 0. The lowest BCUT2D eigenvalue weighted by molar-refractivity contribution is 0.406. The molecule has 0 aromatic heterocycles. The second-order valence-corrected chi connectivity index (χ2v) is 6.73. The van der Waals surface area contributed by atoms with E-state index >= 15 is 0 Å². The molecular weight excluding hydrogens is 198 g/mol. The zero-order chi connectivity index (χ0) is 11.2. The van der Waals surface area contributed by atoms with E-state index in [1.54, 1.807) is 6.92 Å². The van der Waals surface area contributed by atoms with Gasteiger partial charge in [-0.15, -0.1) is 0 Å². The maximum atomic E-state index is 11.3. The summed E-state index contributed by atoms with van der Waals surface area (Å²) in [4.78, 5) is 0. The molecule has 0 fully saturated rings. The van der Waals surface area contributed by atoms with Gasteiger partial charge in [-0.05, 0) is 31.2 Å². The average Bonchev–Trinajstić information content (AvgIpc) is 2.12. The predicted molar refractivity (Wildman–Crippen MR) is 60.9 cm³/mol. The lowest BCUT2D eigenvalue weighted by Gasteiger charge is -2.16. The van der Waals surface area contributed by atoms with Crippen LogP contribution in [-0.4, -0.2) is 26.5 Å². The fourth-order valence-corrected chi connectivity index (χ4v) is 2.47. The molecule has 0 saturated heterocycles. The van der Waals surface area contributed by atoms with Crippen molar-refractivity contribution in [1.29, 1.82) is 0 Å². The molecule has 0 aromatic rings. The molecule has 0 aliphatic carbocycles. The Morgan fingerprint density at radius 2 is 1.86 bits per heavy atom. The van der Waals surface area contributed by atoms with Crippen LogP contribution in [0.4, 0.5) is 0 Å². The maximum Gasteiger partial charge on any atom is 0.150 e. The van der Waals surface area contributed by atoms with Gasteiger partial charge in [-0.3, -0.25) is 0 Å². The number of nitrogens with two attached hydrogens (primary N) is 1. The summed E-state index contributed by atoms with van der Waals surface area (Å²) in [6.45, 7) is 6.56. The third-order valence-corrected chi connectivity index (χ3v) is 4.15. The van der Waals surface area contributed by atoms with Crippen molar-refractivity contribution in [2.45, 2.75) is 33.6 Å². The Kier molecular flexibility index (Phi) is 6.36. The molecule has 0 aromatic carbocycles. The van der Waals surface area contributed by atoms with Crippen LogP contribution in [0.2, 0.25) is 0 Å². The van der Waals surface area contributed by atoms with E-state index in [0.29, 0.717) is 24.8 Å². The first-order chi connectivity index (χ1) is 6.41. The minimum Gasteiger partial charge on any atom is -0.330 e. The van der Waals surface area contributed by atoms with Crippen LogP contribution < -0.4 is 5.73 Å². The lowest BCUT2D eigenvalue weighted by Crippen LogP contribution is -2.20. The van der Waals surface area contributed by atoms with Crippen molar-refractivity contribution in [3.8, 4) is 0 Å². The Bertz CT molecular complexity index is 235. The molecule has 2 N–H and O–H groups in total. The second-order valence-electron chi connectivity index (χ2n) is 4.26. The third-order valence-electron chi connectivity index (χ3n) is 2.42. The first-order valence-corrected chi connectivity index (χ1v) is 7.14. The van der Waals surface area contributed by atoms with Crippen molar-refractivity contribution < 1.29 is 8.42 Å². The Morgan fingerprint density at radius 1 is 1.29 bits per heavy atom. The van der Waals surface area contributed by atoms with Crippen molar-refractivity contribution in [2.24, 2.45) is 17.6 Å². The molecule has 0 rings (SSSR count). The molecule has 3 nitrogen and oxygen atoms in total. The van der Waals surface area contributed by atoms with Crippen LogP contribution >= 0.6 is 0 Å². The first-order valence-electron chi connectivity index (χ1n) is 5.31. The minimum atomic E-state index is -2.82.